The van der Waals surface area contributed by atoms with Gasteiger partial charge in [-0.25, -0.2) is 0 Å². The van der Waals surface area contributed by atoms with Gasteiger partial charge in [0, 0.05) is 17.5 Å². The monoisotopic (exact) mass is 283 g/mol. The van der Waals surface area contributed by atoms with E-state index >= 15 is 0 Å². The fourth-order valence-electron chi connectivity index (χ4n) is 2.70. The predicted octanol–water partition coefficient (Wildman–Crippen LogP) is 4.54. The van der Waals surface area contributed by atoms with Crippen LogP contribution in [0.1, 0.15) is 43.4 Å². The Hall–Kier alpha value is -1.80. The van der Waals surface area contributed by atoms with Crippen LogP contribution in [0.4, 0.5) is 0 Å². The van der Waals surface area contributed by atoms with E-state index in [2.05, 4.69) is 67.7 Å². The molecular weight excluding hydrogens is 258 g/mol. The number of likely N-dealkylation sites (N-methyl/N-ethyl adjacent to an activating group) is 1. The van der Waals surface area contributed by atoms with E-state index in [1.54, 1.807) is 0 Å². The smallest absolute Gasteiger partial charge is 0.124 e. The van der Waals surface area contributed by atoms with E-state index in [-0.39, 0.29) is 6.04 Å². The molecule has 21 heavy (non-hydrogen) atoms. The van der Waals surface area contributed by atoms with Crippen LogP contribution in [0.5, 0.6) is 5.75 Å². The summed E-state index contributed by atoms with van der Waals surface area (Å²) in [4.78, 5) is 0. The van der Waals surface area contributed by atoms with Gasteiger partial charge < -0.3 is 10.1 Å². The third-order valence-electron chi connectivity index (χ3n) is 3.85. The molecule has 0 fully saturated rings. The number of rotatable bonds is 7. The van der Waals surface area contributed by atoms with Crippen LogP contribution in [0.15, 0.2) is 54.6 Å². The topological polar surface area (TPSA) is 21.3 Å². The lowest BCUT2D eigenvalue weighted by Gasteiger charge is -2.26. The van der Waals surface area contributed by atoms with Crippen LogP contribution < -0.4 is 10.1 Å². The molecule has 0 amide bonds. The number of ether oxygens (including phenoxy) is 1. The van der Waals surface area contributed by atoms with Gasteiger partial charge in [0.2, 0.25) is 0 Å². The molecule has 0 bridgehead atoms. The molecule has 0 saturated carbocycles. The summed E-state index contributed by atoms with van der Waals surface area (Å²) < 4.78 is 5.92. The average Bonchev–Trinajstić information content (AvgIpc) is 2.55. The highest BCUT2D eigenvalue weighted by atomic mass is 16.5. The first-order valence-electron chi connectivity index (χ1n) is 7.71. The molecule has 0 saturated heterocycles. The van der Waals surface area contributed by atoms with Crippen molar-refractivity contribution in [3.8, 4) is 5.75 Å². The van der Waals surface area contributed by atoms with Gasteiger partial charge in [0.05, 0.1) is 6.61 Å². The second-order valence-electron chi connectivity index (χ2n) is 5.35. The first kappa shape index (κ1) is 15.6. The fraction of sp³-hybridized carbons (Fsp3) is 0.368. The Labute approximate surface area is 128 Å². The largest absolute Gasteiger partial charge is 0.493 e. The second-order valence-corrected chi connectivity index (χ2v) is 5.35. The Morgan fingerprint density at radius 3 is 2.33 bits per heavy atom. The molecule has 112 valence electrons. The van der Waals surface area contributed by atoms with Gasteiger partial charge in [-0.2, -0.15) is 0 Å². The zero-order valence-electron chi connectivity index (χ0n) is 13.2. The Kier molecular flexibility index (Phi) is 5.82. The molecule has 2 nitrogen and oxygen atoms in total. The van der Waals surface area contributed by atoms with Crippen molar-refractivity contribution < 1.29 is 4.74 Å². The van der Waals surface area contributed by atoms with Crippen LogP contribution in [-0.2, 0) is 0 Å². The van der Waals surface area contributed by atoms with Crippen molar-refractivity contribution in [2.45, 2.75) is 32.2 Å². The van der Waals surface area contributed by atoms with E-state index in [4.69, 9.17) is 4.74 Å². The Bertz CT molecular complexity index is 538. The molecule has 0 aliphatic rings. The quantitative estimate of drug-likeness (QED) is 0.805. The van der Waals surface area contributed by atoms with Gasteiger partial charge in [0.15, 0.2) is 0 Å². The summed E-state index contributed by atoms with van der Waals surface area (Å²) in [5.74, 6) is 1.36. The summed E-state index contributed by atoms with van der Waals surface area (Å²) in [6.45, 7) is 5.14. The van der Waals surface area contributed by atoms with E-state index in [0.717, 1.165) is 18.8 Å². The summed E-state index contributed by atoms with van der Waals surface area (Å²) in [5.41, 5.74) is 2.56. The maximum Gasteiger partial charge on any atom is 0.124 e. The average molecular weight is 283 g/mol. The molecule has 0 aliphatic carbocycles. The second kappa shape index (κ2) is 7.84. The molecule has 0 spiro atoms. The Balaban J connectivity index is 2.29. The standard InChI is InChI=1S/C19H25NO/c1-4-14-21-18-13-9-8-12-17(18)19(20-3)15(2)16-10-6-5-7-11-16/h5-13,15,19-20H,4,14H2,1-3H3. The zero-order valence-corrected chi connectivity index (χ0v) is 13.2. The van der Waals surface area contributed by atoms with Crippen LogP contribution in [-0.4, -0.2) is 13.7 Å². The molecule has 2 unspecified atom stereocenters. The van der Waals surface area contributed by atoms with Gasteiger partial charge >= 0.3 is 0 Å². The van der Waals surface area contributed by atoms with E-state index in [1.807, 2.05) is 13.1 Å². The molecule has 2 heteroatoms. The SMILES string of the molecule is CCCOc1ccccc1C(NC)C(C)c1ccccc1. The summed E-state index contributed by atoms with van der Waals surface area (Å²) in [5, 5.41) is 3.45. The van der Waals surface area contributed by atoms with Crippen LogP contribution in [0.25, 0.3) is 0 Å². The molecular formula is C19H25NO. The maximum atomic E-state index is 5.92. The van der Waals surface area contributed by atoms with Crippen molar-refractivity contribution in [3.63, 3.8) is 0 Å². The first-order chi connectivity index (χ1) is 10.3. The Morgan fingerprint density at radius 1 is 1.00 bits per heavy atom. The highest BCUT2D eigenvalue weighted by Crippen LogP contribution is 2.35. The number of hydrogen-bond acceptors (Lipinski definition) is 2. The van der Waals surface area contributed by atoms with Crippen molar-refractivity contribution in [1.29, 1.82) is 0 Å². The minimum atomic E-state index is 0.237. The highest BCUT2D eigenvalue weighted by molar-refractivity contribution is 5.38. The van der Waals surface area contributed by atoms with Gasteiger partial charge in [-0.05, 0) is 25.1 Å². The highest BCUT2D eigenvalue weighted by Gasteiger charge is 2.22. The van der Waals surface area contributed by atoms with Gasteiger partial charge in [-0.15, -0.1) is 0 Å². The third-order valence-corrected chi connectivity index (χ3v) is 3.85. The van der Waals surface area contributed by atoms with E-state index in [0.29, 0.717) is 5.92 Å². The lowest BCUT2D eigenvalue weighted by Crippen LogP contribution is -2.23. The van der Waals surface area contributed by atoms with Gasteiger partial charge in [0.25, 0.3) is 0 Å². The van der Waals surface area contributed by atoms with Gasteiger partial charge in [-0.1, -0.05) is 62.4 Å². The van der Waals surface area contributed by atoms with Gasteiger partial charge in [-0.3, -0.25) is 0 Å². The number of hydrogen-bond donors (Lipinski definition) is 1. The van der Waals surface area contributed by atoms with E-state index < -0.39 is 0 Å². The molecule has 1 N–H and O–H groups in total. The van der Waals surface area contributed by atoms with Crippen molar-refractivity contribution in [1.82, 2.24) is 5.32 Å². The summed E-state index contributed by atoms with van der Waals surface area (Å²) in [6, 6.07) is 19.2. The molecule has 2 atom stereocenters. The van der Waals surface area contributed by atoms with Crippen LogP contribution in [0, 0.1) is 0 Å². The Morgan fingerprint density at radius 2 is 1.67 bits per heavy atom. The molecule has 0 aromatic heterocycles. The van der Waals surface area contributed by atoms with Crippen molar-refractivity contribution in [2.75, 3.05) is 13.7 Å². The van der Waals surface area contributed by atoms with Gasteiger partial charge in [0.1, 0.15) is 5.75 Å². The minimum absolute atomic E-state index is 0.237. The lowest BCUT2D eigenvalue weighted by molar-refractivity contribution is 0.308. The first-order valence-corrected chi connectivity index (χ1v) is 7.71. The lowest BCUT2D eigenvalue weighted by atomic mass is 9.88. The molecule has 0 radical (unpaired) electrons. The summed E-state index contributed by atoms with van der Waals surface area (Å²) in [6.07, 6.45) is 1.02. The normalized spacial score (nSPS) is 13.7. The minimum Gasteiger partial charge on any atom is -0.493 e. The molecule has 2 aromatic carbocycles. The van der Waals surface area contributed by atoms with Crippen LogP contribution in [0.3, 0.4) is 0 Å². The van der Waals surface area contributed by atoms with Crippen molar-refractivity contribution >= 4 is 0 Å². The number of para-hydroxylation sites is 1. The summed E-state index contributed by atoms with van der Waals surface area (Å²) >= 11 is 0. The number of nitrogens with one attached hydrogen (secondary N) is 1. The summed E-state index contributed by atoms with van der Waals surface area (Å²) in [7, 11) is 2.01. The van der Waals surface area contributed by atoms with Crippen molar-refractivity contribution in [2.24, 2.45) is 0 Å². The third kappa shape index (κ3) is 3.85. The fourth-order valence-corrected chi connectivity index (χ4v) is 2.70. The zero-order chi connectivity index (χ0) is 15.1. The molecule has 2 rings (SSSR count). The number of benzene rings is 2. The van der Waals surface area contributed by atoms with E-state index in [9.17, 15) is 0 Å². The van der Waals surface area contributed by atoms with Crippen LogP contribution >= 0.6 is 0 Å². The maximum absolute atomic E-state index is 5.92. The van der Waals surface area contributed by atoms with Crippen molar-refractivity contribution in [3.05, 3.63) is 65.7 Å². The predicted molar refractivity (Wildman–Crippen MR) is 88.9 cm³/mol. The van der Waals surface area contributed by atoms with E-state index in [1.165, 1.54) is 11.1 Å². The molecule has 2 aromatic rings. The molecule has 0 heterocycles. The molecule has 0 aliphatic heterocycles. The van der Waals surface area contributed by atoms with Crippen LogP contribution in [0.2, 0.25) is 0 Å².